The van der Waals surface area contributed by atoms with Crippen LogP contribution >= 0.6 is 0 Å². The van der Waals surface area contributed by atoms with Gasteiger partial charge in [-0.25, -0.2) is 13.5 Å². The van der Waals surface area contributed by atoms with Gasteiger partial charge in [-0.2, -0.15) is 5.10 Å². The molecule has 5 rings (SSSR count). The molecule has 11 heteroatoms. The summed E-state index contributed by atoms with van der Waals surface area (Å²) >= 11 is 0. The zero-order valence-corrected chi connectivity index (χ0v) is 22.8. The van der Waals surface area contributed by atoms with E-state index in [2.05, 4.69) is 15.4 Å². The highest BCUT2D eigenvalue weighted by Gasteiger charge is 2.21. The van der Waals surface area contributed by atoms with Gasteiger partial charge in [-0.3, -0.25) is 4.98 Å². The lowest BCUT2D eigenvalue weighted by Gasteiger charge is -2.15. The number of nitrogens with one attached hydrogen (secondary N) is 1. The van der Waals surface area contributed by atoms with Crippen molar-refractivity contribution in [3.63, 3.8) is 0 Å². The van der Waals surface area contributed by atoms with E-state index in [1.54, 1.807) is 56.6 Å². The minimum atomic E-state index is -1.34. The molecule has 9 nitrogen and oxygen atoms in total. The summed E-state index contributed by atoms with van der Waals surface area (Å²) in [4.78, 5) is 4.33. The molecule has 41 heavy (non-hydrogen) atoms. The maximum Gasteiger partial charge on any atom is 0.173 e. The molecule has 0 radical (unpaired) electrons. The van der Waals surface area contributed by atoms with Gasteiger partial charge >= 0.3 is 0 Å². The average Bonchev–Trinajstić information content (AvgIpc) is 3.37. The number of hydrogen-bond donors (Lipinski definition) is 2. The van der Waals surface area contributed by atoms with Gasteiger partial charge < -0.3 is 29.4 Å². The van der Waals surface area contributed by atoms with Gasteiger partial charge in [0.05, 0.1) is 38.2 Å². The first kappa shape index (κ1) is 27.7. The summed E-state index contributed by atoms with van der Waals surface area (Å²) in [6.45, 7) is 3.89. The Balaban J connectivity index is 1.38. The van der Waals surface area contributed by atoms with Crippen LogP contribution in [0.4, 0.5) is 14.5 Å². The largest absolute Gasteiger partial charge is 0.493 e. The number of fused-ring (bicyclic) bond motifs is 1. The number of nitrogens with zero attached hydrogens (tertiary/aromatic N) is 3. The minimum absolute atomic E-state index is 0.0293. The Morgan fingerprint density at radius 3 is 2.41 bits per heavy atom. The van der Waals surface area contributed by atoms with Crippen molar-refractivity contribution >= 4 is 16.6 Å². The molecule has 0 saturated heterocycles. The maximum absolute atomic E-state index is 15.2. The summed E-state index contributed by atoms with van der Waals surface area (Å²) in [5, 5.41) is 18.8. The minimum Gasteiger partial charge on any atom is -0.493 e. The topological polar surface area (TPSA) is 99.9 Å². The summed E-state index contributed by atoms with van der Waals surface area (Å²) in [5.41, 5.74) is 2.33. The van der Waals surface area contributed by atoms with E-state index in [-0.39, 0.29) is 22.9 Å². The van der Waals surface area contributed by atoms with Gasteiger partial charge in [0.15, 0.2) is 40.7 Å². The van der Waals surface area contributed by atoms with Crippen molar-refractivity contribution in [1.82, 2.24) is 14.8 Å². The Morgan fingerprint density at radius 1 is 0.927 bits per heavy atom. The van der Waals surface area contributed by atoms with Gasteiger partial charge in [0.1, 0.15) is 11.6 Å². The molecular formula is C30H28F2N4O5. The molecule has 0 aliphatic rings. The monoisotopic (exact) mass is 562 g/mol. The molecule has 2 N–H and O–H groups in total. The highest BCUT2D eigenvalue weighted by atomic mass is 19.1. The second-order valence-electron chi connectivity index (χ2n) is 9.01. The van der Waals surface area contributed by atoms with E-state index >= 15 is 4.39 Å². The van der Waals surface area contributed by atoms with Crippen molar-refractivity contribution < 1.29 is 32.8 Å². The molecule has 0 amide bonds. The number of methoxy groups -OCH3 is 2. The quantitative estimate of drug-likeness (QED) is 0.191. The third-order valence-corrected chi connectivity index (χ3v) is 6.33. The number of halogens is 2. The zero-order valence-electron chi connectivity index (χ0n) is 22.8. The first-order valence-electron chi connectivity index (χ1n) is 12.7. The van der Waals surface area contributed by atoms with Crippen molar-refractivity contribution in [2.24, 2.45) is 0 Å². The van der Waals surface area contributed by atoms with E-state index in [4.69, 9.17) is 18.9 Å². The third kappa shape index (κ3) is 5.71. The third-order valence-electron chi connectivity index (χ3n) is 6.33. The van der Waals surface area contributed by atoms with Crippen molar-refractivity contribution in [2.75, 3.05) is 26.1 Å². The zero-order chi connectivity index (χ0) is 29.1. The van der Waals surface area contributed by atoms with E-state index in [0.29, 0.717) is 51.8 Å². The maximum atomic E-state index is 15.2. The molecule has 0 fully saturated rings. The molecule has 1 unspecified atom stereocenters. The highest BCUT2D eigenvalue weighted by molar-refractivity contribution is 5.88. The number of aliphatic hydroxyl groups excluding tert-OH is 1. The summed E-state index contributed by atoms with van der Waals surface area (Å²) in [5.74, 6) is 0.637. The van der Waals surface area contributed by atoms with Crippen molar-refractivity contribution in [3.8, 4) is 34.4 Å². The first-order valence-corrected chi connectivity index (χ1v) is 12.7. The molecule has 0 bridgehead atoms. The van der Waals surface area contributed by atoms with Crippen LogP contribution in [-0.2, 0) is 0 Å². The predicted octanol–water partition coefficient (Wildman–Crippen LogP) is 6.32. The molecular weight excluding hydrogens is 534 g/mol. The van der Waals surface area contributed by atoms with Crippen LogP contribution in [0.1, 0.15) is 24.4 Å². The lowest BCUT2D eigenvalue weighted by Crippen LogP contribution is -2.12. The van der Waals surface area contributed by atoms with Crippen molar-refractivity contribution in [1.29, 1.82) is 0 Å². The second-order valence-corrected chi connectivity index (χ2v) is 9.01. The molecule has 2 aromatic heterocycles. The number of rotatable bonds is 10. The van der Waals surface area contributed by atoms with Gasteiger partial charge in [0, 0.05) is 29.4 Å². The fraction of sp³-hybridized carbons (Fsp3) is 0.200. The standard InChI is InChI=1S/C30H28F2N4O5/c1-5-40-28-16-36(23-8-6-18(31)12-17(23)2)35-29(28)30(37)34-19-7-9-25(21(32)13-19)41-24-10-11-33-22-15-27(39-4)26(38-3)14-20(22)24/h6-16,30,34,37H,5H2,1-4H3. The number of aryl methyl sites for hydroxylation is 1. The van der Waals surface area contributed by atoms with Gasteiger partial charge in [0.25, 0.3) is 0 Å². The Kier molecular flexibility index (Phi) is 7.88. The average molecular weight is 563 g/mol. The predicted molar refractivity (Wildman–Crippen MR) is 149 cm³/mol. The smallest absolute Gasteiger partial charge is 0.173 e. The number of aromatic nitrogens is 3. The normalized spacial score (nSPS) is 11.8. The second kappa shape index (κ2) is 11.7. The Labute approximate surface area is 234 Å². The fourth-order valence-electron chi connectivity index (χ4n) is 4.38. The van der Waals surface area contributed by atoms with Crippen LogP contribution in [0.2, 0.25) is 0 Å². The van der Waals surface area contributed by atoms with Crippen LogP contribution < -0.4 is 24.3 Å². The molecule has 1 atom stereocenters. The molecule has 3 aromatic carbocycles. The van der Waals surface area contributed by atoms with Gasteiger partial charge in [-0.15, -0.1) is 0 Å². The summed E-state index contributed by atoms with van der Waals surface area (Å²) in [6.07, 6.45) is 1.82. The fourth-order valence-corrected chi connectivity index (χ4v) is 4.38. The Bertz CT molecular complexity index is 1710. The molecule has 2 heterocycles. The molecule has 0 aliphatic carbocycles. The number of anilines is 1. The lowest BCUT2D eigenvalue weighted by molar-refractivity contribution is 0.195. The molecule has 212 valence electrons. The van der Waals surface area contributed by atoms with E-state index in [1.807, 2.05) is 0 Å². The summed E-state index contributed by atoms with van der Waals surface area (Å²) in [6, 6.07) is 13.6. The Hall–Kier alpha value is -4.90. The van der Waals surface area contributed by atoms with Crippen molar-refractivity contribution in [2.45, 2.75) is 20.1 Å². The SMILES string of the molecule is CCOc1cn(-c2ccc(F)cc2C)nc1C(O)Nc1ccc(Oc2ccnc3cc(OC)c(OC)cc23)c(F)c1. The molecule has 0 aliphatic heterocycles. The van der Waals surface area contributed by atoms with Gasteiger partial charge in [-0.1, -0.05) is 0 Å². The van der Waals surface area contributed by atoms with Gasteiger partial charge in [-0.05, 0) is 61.9 Å². The van der Waals surface area contributed by atoms with E-state index in [1.165, 1.54) is 43.2 Å². The number of pyridine rings is 1. The highest BCUT2D eigenvalue weighted by Crippen LogP contribution is 2.38. The number of hydrogen-bond acceptors (Lipinski definition) is 8. The number of benzene rings is 3. The molecule has 5 aromatic rings. The van der Waals surface area contributed by atoms with Crippen LogP contribution in [0.3, 0.4) is 0 Å². The Morgan fingerprint density at radius 2 is 1.71 bits per heavy atom. The van der Waals surface area contributed by atoms with Gasteiger partial charge in [0.2, 0.25) is 0 Å². The summed E-state index contributed by atoms with van der Waals surface area (Å²) < 4.78 is 52.5. The van der Waals surface area contributed by atoms with Crippen LogP contribution in [-0.4, -0.2) is 40.7 Å². The van der Waals surface area contributed by atoms with E-state index < -0.39 is 12.0 Å². The summed E-state index contributed by atoms with van der Waals surface area (Å²) in [7, 11) is 3.05. The first-order chi connectivity index (χ1) is 19.8. The van der Waals surface area contributed by atoms with Crippen LogP contribution in [0.5, 0.6) is 28.7 Å². The van der Waals surface area contributed by atoms with E-state index in [9.17, 15) is 9.50 Å². The lowest BCUT2D eigenvalue weighted by atomic mass is 10.1. The van der Waals surface area contributed by atoms with Crippen LogP contribution in [0.15, 0.2) is 67.0 Å². The molecule has 0 saturated carbocycles. The van der Waals surface area contributed by atoms with E-state index in [0.717, 1.165) is 0 Å². The number of ether oxygens (including phenoxy) is 4. The molecule has 0 spiro atoms. The number of aliphatic hydroxyl groups is 1. The van der Waals surface area contributed by atoms with Crippen molar-refractivity contribution in [3.05, 3.63) is 89.9 Å². The van der Waals surface area contributed by atoms with Crippen LogP contribution in [0, 0.1) is 18.6 Å². The van der Waals surface area contributed by atoms with Crippen LogP contribution in [0.25, 0.3) is 16.6 Å².